The van der Waals surface area contributed by atoms with Gasteiger partial charge < -0.3 is 25.0 Å². The number of aliphatic carboxylic acids is 2. The van der Waals surface area contributed by atoms with E-state index in [0.29, 0.717) is 6.10 Å². The number of benzene rings is 1. The molecule has 0 radical (unpaired) electrons. The topological polar surface area (TPSA) is 105 Å². The van der Waals surface area contributed by atoms with E-state index in [1.165, 1.54) is 0 Å². The van der Waals surface area contributed by atoms with Gasteiger partial charge in [-0.1, -0.05) is 13.5 Å². The van der Waals surface area contributed by atoms with Crippen LogP contribution in [-0.2, 0) is 9.59 Å². The van der Waals surface area contributed by atoms with E-state index in [-0.39, 0.29) is 7.43 Å². The fourth-order valence-corrected chi connectivity index (χ4v) is 1.21. The molecule has 1 fully saturated rings. The van der Waals surface area contributed by atoms with Gasteiger partial charge in [0.05, 0.1) is 7.11 Å². The van der Waals surface area contributed by atoms with Crippen LogP contribution < -0.4 is 14.8 Å². The number of hydrogen-bond acceptors (Lipinski definition) is 5. The Morgan fingerprint density at radius 1 is 1.20 bits per heavy atom. The van der Waals surface area contributed by atoms with E-state index in [4.69, 9.17) is 29.3 Å². The van der Waals surface area contributed by atoms with Crippen LogP contribution in [0.3, 0.4) is 0 Å². The highest BCUT2D eigenvalue weighted by Crippen LogP contribution is 2.20. The fraction of sp³-hybridized carbons (Fsp3) is 0.385. The number of hydrogen-bond donors (Lipinski definition) is 3. The maximum absolute atomic E-state index is 9.10. The Morgan fingerprint density at radius 2 is 1.75 bits per heavy atom. The quantitative estimate of drug-likeness (QED) is 0.707. The molecule has 1 aliphatic heterocycles. The summed E-state index contributed by atoms with van der Waals surface area (Å²) in [6, 6.07) is 7.69. The monoisotopic (exact) mass is 285 g/mol. The molecule has 20 heavy (non-hydrogen) atoms. The SMILES string of the molecule is C.COc1cccc(OC2CNC2)c1.O=C(O)C(=O)O. The number of nitrogens with one attached hydrogen (secondary N) is 1. The van der Waals surface area contributed by atoms with Crippen LogP contribution in [-0.4, -0.2) is 48.5 Å². The zero-order valence-electron chi connectivity index (χ0n) is 10.3. The maximum atomic E-state index is 9.10. The lowest BCUT2D eigenvalue weighted by Crippen LogP contribution is -2.50. The van der Waals surface area contributed by atoms with E-state index in [9.17, 15) is 0 Å². The predicted molar refractivity (Wildman–Crippen MR) is 72.3 cm³/mol. The molecule has 0 bridgehead atoms. The molecule has 1 saturated heterocycles. The number of carboxylic acids is 2. The van der Waals surface area contributed by atoms with Crippen LogP contribution >= 0.6 is 0 Å². The third kappa shape index (κ3) is 6.05. The molecule has 1 aromatic carbocycles. The summed E-state index contributed by atoms with van der Waals surface area (Å²) in [6.07, 6.45) is 0.326. The van der Waals surface area contributed by atoms with E-state index in [1.54, 1.807) is 7.11 Å². The van der Waals surface area contributed by atoms with Gasteiger partial charge in [-0.3, -0.25) is 0 Å². The molecule has 112 valence electrons. The third-order valence-corrected chi connectivity index (χ3v) is 2.27. The van der Waals surface area contributed by atoms with Crippen molar-refractivity contribution >= 4 is 11.9 Å². The summed E-state index contributed by atoms with van der Waals surface area (Å²) >= 11 is 0. The molecule has 3 N–H and O–H groups in total. The van der Waals surface area contributed by atoms with Crippen molar-refractivity contribution in [1.29, 1.82) is 0 Å². The van der Waals surface area contributed by atoms with Crippen LogP contribution in [0, 0.1) is 0 Å². The maximum Gasteiger partial charge on any atom is 0.414 e. The Balaban J connectivity index is 0.000000448. The molecule has 0 atom stereocenters. The second-order valence-electron chi connectivity index (χ2n) is 3.69. The minimum absolute atomic E-state index is 0. The number of rotatable bonds is 3. The van der Waals surface area contributed by atoms with Gasteiger partial charge in [-0.25, -0.2) is 9.59 Å². The average Bonchev–Trinajstić information content (AvgIpc) is 2.35. The van der Waals surface area contributed by atoms with Crippen molar-refractivity contribution < 1.29 is 29.3 Å². The lowest BCUT2D eigenvalue weighted by Gasteiger charge is -2.27. The molecule has 1 aromatic rings. The molecule has 0 amide bonds. The lowest BCUT2D eigenvalue weighted by atomic mass is 10.2. The summed E-state index contributed by atoms with van der Waals surface area (Å²) in [6.45, 7) is 1.88. The first-order valence-electron chi connectivity index (χ1n) is 5.50. The summed E-state index contributed by atoms with van der Waals surface area (Å²) in [5, 5.41) is 17.9. The highest BCUT2D eigenvalue weighted by atomic mass is 16.5. The molecule has 0 saturated carbocycles. The van der Waals surface area contributed by atoms with Crippen molar-refractivity contribution in [3.63, 3.8) is 0 Å². The van der Waals surface area contributed by atoms with E-state index in [2.05, 4.69) is 5.32 Å². The summed E-state index contributed by atoms with van der Waals surface area (Å²) < 4.78 is 10.7. The minimum atomic E-state index is -1.82. The molecule has 7 heteroatoms. The second-order valence-corrected chi connectivity index (χ2v) is 3.69. The molecule has 7 nitrogen and oxygen atoms in total. The number of methoxy groups -OCH3 is 1. The van der Waals surface area contributed by atoms with E-state index in [0.717, 1.165) is 24.6 Å². The van der Waals surface area contributed by atoms with Crippen molar-refractivity contribution in [3.8, 4) is 11.5 Å². The Hall–Kier alpha value is -2.28. The van der Waals surface area contributed by atoms with Gasteiger partial charge in [0.1, 0.15) is 17.6 Å². The largest absolute Gasteiger partial charge is 0.497 e. The van der Waals surface area contributed by atoms with Gasteiger partial charge in [0.25, 0.3) is 0 Å². The second kappa shape index (κ2) is 8.76. The number of carbonyl (C=O) groups is 2. The Morgan fingerprint density at radius 3 is 2.15 bits per heavy atom. The van der Waals surface area contributed by atoms with E-state index < -0.39 is 11.9 Å². The molecule has 1 heterocycles. The van der Waals surface area contributed by atoms with Crippen LogP contribution in [0.25, 0.3) is 0 Å². The highest BCUT2D eigenvalue weighted by molar-refractivity contribution is 6.27. The van der Waals surface area contributed by atoms with Crippen LogP contribution in [0.2, 0.25) is 0 Å². The third-order valence-electron chi connectivity index (χ3n) is 2.27. The Kier molecular flexibility index (Phi) is 7.76. The zero-order chi connectivity index (χ0) is 14.3. The Bertz CT molecular complexity index is 432. The standard InChI is InChI=1S/C10H13NO2.C2H2O4.CH4/c1-12-8-3-2-4-9(5-8)13-10-6-11-7-10;3-1(4)2(5)6;/h2-5,10-11H,6-7H2,1H3;(H,3,4)(H,5,6);1H4. The molecular formula is C13H19NO6. The predicted octanol–water partition coefficient (Wildman–Crippen LogP) is 0.837. The van der Waals surface area contributed by atoms with Crippen LogP contribution in [0.5, 0.6) is 11.5 Å². The Labute approximate surface area is 117 Å². The van der Waals surface area contributed by atoms with Gasteiger partial charge >= 0.3 is 11.9 Å². The summed E-state index contributed by atoms with van der Waals surface area (Å²) in [5.41, 5.74) is 0. The number of ether oxygens (including phenoxy) is 2. The van der Waals surface area contributed by atoms with Crippen molar-refractivity contribution in [3.05, 3.63) is 24.3 Å². The van der Waals surface area contributed by atoms with Gasteiger partial charge in [0, 0.05) is 19.2 Å². The van der Waals surface area contributed by atoms with E-state index >= 15 is 0 Å². The smallest absolute Gasteiger partial charge is 0.414 e. The van der Waals surface area contributed by atoms with Crippen molar-refractivity contribution in [2.45, 2.75) is 13.5 Å². The van der Waals surface area contributed by atoms with Crippen LogP contribution in [0.1, 0.15) is 7.43 Å². The van der Waals surface area contributed by atoms with Crippen molar-refractivity contribution in [2.24, 2.45) is 0 Å². The van der Waals surface area contributed by atoms with Crippen molar-refractivity contribution in [1.82, 2.24) is 5.32 Å². The normalized spacial score (nSPS) is 12.8. The summed E-state index contributed by atoms with van der Waals surface area (Å²) in [5.74, 6) is -1.93. The summed E-state index contributed by atoms with van der Waals surface area (Å²) in [4.78, 5) is 18.2. The molecule has 0 aliphatic carbocycles. The van der Waals surface area contributed by atoms with Gasteiger partial charge in [-0.2, -0.15) is 0 Å². The zero-order valence-corrected chi connectivity index (χ0v) is 10.3. The lowest BCUT2D eigenvalue weighted by molar-refractivity contribution is -0.159. The fourth-order valence-electron chi connectivity index (χ4n) is 1.21. The van der Waals surface area contributed by atoms with Gasteiger partial charge in [-0.05, 0) is 12.1 Å². The molecule has 1 aliphatic rings. The first-order valence-corrected chi connectivity index (χ1v) is 5.50. The molecule has 0 unspecified atom stereocenters. The van der Waals surface area contributed by atoms with Crippen molar-refractivity contribution in [2.75, 3.05) is 20.2 Å². The van der Waals surface area contributed by atoms with Gasteiger partial charge in [0.2, 0.25) is 0 Å². The summed E-state index contributed by atoms with van der Waals surface area (Å²) in [7, 11) is 1.66. The van der Waals surface area contributed by atoms with Gasteiger partial charge in [-0.15, -0.1) is 0 Å². The first kappa shape index (κ1) is 17.7. The molecular weight excluding hydrogens is 266 g/mol. The average molecular weight is 285 g/mol. The molecule has 0 aromatic heterocycles. The van der Waals surface area contributed by atoms with E-state index in [1.807, 2.05) is 24.3 Å². The highest BCUT2D eigenvalue weighted by Gasteiger charge is 2.18. The minimum Gasteiger partial charge on any atom is -0.497 e. The first-order chi connectivity index (χ1) is 9.02. The van der Waals surface area contributed by atoms with Gasteiger partial charge in [0.15, 0.2) is 0 Å². The molecule has 0 spiro atoms. The van der Waals surface area contributed by atoms with Crippen LogP contribution in [0.15, 0.2) is 24.3 Å². The van der Waals surface area contributed by atoms with Crippen LogP contribution in [0.4, 0.5) is 0 Å². The number of carboxylic acid groups (broad SMARTS) is 2. The molecule has 2 rings (SSSR count).